The lowest BCUT2D eigenvalue weighted by molar-refractivity contribution is -0.137. The van der Waals surface area contributed by atoms with Crippen LogP contribution in [0.5, 0.6) is 5.75 Å². The van der Waals surface area contributed by atoms with Gasteiger partial charge in [0.05, 0.1) is 12.7 Å². The Kier molecular flexibility index (Phi) is 18.4. The fourth-order valence-electron chi connectivity index (χ4n) is 4.11. The van der Waals surface area contributed by atoms with Crippen LogP contribution in [0.4, 0.5) is 5.69 Å². The number of aliphatic hydroxyl groups excluding tert-OH is 1. The number of aliphatic hydroxyl groups is 1. The summed E-state index contributed by atoms with van der Waals surface area (Å²) in [5.74, 6) is -0.482. The van der Waals surface area contributed by atoms with Gasteiger partial charge in [0.1, 0.15) is 5.75 Å². The third kappa shape index (κ3) is 17.4. The number of benzene rings is 1. The summed E-state index contributed by atoms with van der Waals surface area (Å²) in [6.45, 7) is 2.71. The second-order valence-electron chi connectivity index (χ2n) is 10.3. The number of carbonyl (C=O) groups is 3. The van der Waals surface area contributed by atoms with Crippen LogP contribution in [0.15, 0.2) is 30.4 Å². The molecule has 0 saturated carbocycles. The Bertz CT molecular complexity index is 884. The molecule has 0 heterocycles. The summed E-state index contributed by atoms with van der Waals surface area (Å²) in [7, 11) is 3.37. The minimum atomic E-state index is -0.897. The average Bonchev–Trinajstić information content (AvgIpc) is 2.89. The average molecular weight is 547 g/mol. The number of aryl methyl sites for hydroxylation is 1. The van der Waals surface area contributed by atoms with Gasteiger partial charge < -0.3 is 25.2 Å². The number of nitrogens with zero attached hydrogens (tertiary/aromatic N) is 1. The van der Waals surface area contributed by atoms with Gasteiger partial charge in [0.15, 0.2) is 0 Å². The molecule has 0 aliphatic carbocycles. The number of nitrogens with one attached hydrogen (secondary N) is 1. The summed E-state index contributed by atoms with van der Waals surface area (Å²) >= 11 is 0. The topological polar surface area (TPSA) is 116 Å². The first-order valence-corrected chi connectivity index (χ1v) is 14.5. The first kappa shape index (κ1) is 34.2. The number of rotatable bonds is 22. The molecular weight excluding hydrogens is 496 g/mol. The molecule has 8 heteroatoms. The highest BCUT2D eigenvalue weighted by Gasteiger charge is 2.11. The maximum atomic E-state index is 12.3. The highest BCUT2D eigenvalue weighted by molar-refractivity contribution is 5.91. The van der Waals surface area contributed by atoms with Crippen molar-refractivity contribution in [3.8, 4) is 5.75 Å². The predicted octanol–water partition coefficient (Wildman–Crippen LogP) is 6.12. The van der Waals surface area contributed by atoms with Gasteiger partial charge in [0.2, 0.25) is 11.8 Å². The van der Waals surface area contributed by atoms with Crippen LogP contribution in [0.1, 0.15) is 102 Å². The molecule has 0 bridgehead atoms. The first-order valence-electron chi connectivity index (χ1n) is 14.5. The molecule has 220 valence electrons. The van der Waals surface area contributed by atoms with Crippen LogP contribution in [-0.2, 0) is 20.8 Å². The normalized spacial score (nSPS) is 11.9. The van der Waals surface area contributed by atoms with Crippen molar-refractivity contribution in [2.24, 2.45) is 0 Å². The predicted molar refractivity (Wildman–Crippen MR) is 156 cm³/mol. The molecule has 1 aromatic rings. The number of carboxylic acid groups (broad SMARTS) is 1. The highest BCUT2D eigenvalue weighted by atomic mass is 16.5. The molecule has 1 rings (SSSR count). The van der Waals surface area contributed by atoms with E-state index in [9.17, 15) is 19.5 Å². The van der Waals surface area contributed by atoms with Crippen molar-refractivity contribution in [3.63, 3.8) is 0 Å². The van der Waals surface area contributed by atoms with E-state index >= 15 is 0 Å². The number of amides is 2. The third-order valence-electron chi connectivity index (χ3n) is 6.48. The van der Waals surface area contributed by atoms with Gasteiger partial charge in [0, 0.05) is 39.0 Å². The van der Waals surface area contributed by atoms with E-state index in [0.717, 1.165) is 37.7 Å². The quantitative estimate of drug-likeness (QED) is 0.119. The molecule has 0 spiro atoms. The lowest BCUT2D eigenvalue weighted by Crippen LogP contribution is -2.21. The van der Waals surface area contributed by atoms with Crippen LogP contribution < -0.4 is 10.1 Å². The van der Waals surface area contributed by atoms with Gasteiger partial charge in [-0.1, -0.05) is 57.6 Å². The molecule has 39 heavy (non-hydrogen) atoms. The van der Waals surface area contributed by atoms with Gasteiger partial charge in [-0.15, -0.1) is 0 Å². The van der Waals surface area contributed by atoms with Crippen LogP contribution in [0.2, 0.25) is 0 Å². The molecule has 0 aromatic heterocycles. The molecule has 0 fully saturated rings. The van der Waals surface area contributed by atoms with Crippen LogP contribution in [0, 0.1) is 0 Å². The van der Waals surface area contributed by atoms with Gasteiger partial charge in [-0.3, -0.25) is 14.4 Å². The lowest BCUT2D eigenvalue weighted by atomic mass is 10.1. The van der Waals surface area contributed by atoms with Crippen molar-refractivity contribution < 1.29 is 29.3 Å². The second-order valence-corrected chi connectivity index (χ2v) is 10.3. The Morgan fingerprint density at radius 1 is 0.974 bits per heavy atom. The minimum Gasteiger partial charge on any atom is -0.493 e. The number of unbranched alkanes of at least 4 members (excludes halogenated alkanes) is 7. The molecule has 0 saturated heterocycles. The van der Waals surface area contributed by atoms with E-state index < -0.39 is 5.97 Å². The molecule has 3 N–H and O–H groups in total. The van der Waals surface area contributed by atoms with Gasteiger partial charge in [-0.05, 0) is 62.3 Å². The van der Waals surface area contributed by atoms with Crippen molar-refractivity contribution in [1.29, 1.82) is 0 Å². The molecule has 0 aliphatic rings. The van der Waals surface area contributed by atoms with Crippen molar-refractivity contribution in [2.75, 3.05) is 26.0 Å². The number of hydrogen-bond donors (Lipinski definition) is 3. The maximum absolute atomic E-state index is 12.3. The molecule has 8 nitrogen and oxygen atoms in total. The molecule has 2 amide bonds. The summed E-state index contributed by atoms with van der Waals surface area (Å²) < 4.78 is 5.94. The van der Waals surface area contributed by atoms with Gasteiger partial charge in [-0.25, -0.2) is 0 Å². The molecular formula is C31H50N2O6. The van der Waals surface area contributed by atoms with E-state index in [0.29, 0.717) is 37.3 Å². The molecule has 0 radical (unpaired) electrons. The monoisotopic (exact) mass is 546 g/mol. The Labute approximate surface area is 234 Å². The summed E-state index contributed by atoms with van der Waals surface area (Å²) in [4.78, 5) is 36.6. The van der Waals surface area contributed by atoms with Gasteiger partial charge >= 0.3 is 5.97 Å². The number of carbonyl (C=O) groups excluding carboxylic acids is 2. The van der Waals surface area contributed by atoms with Crippen molar-refractivity contribution >= 4 is 23.5 Å². The zero-order valence-electron chi connectivity index (χ0n) is 24.3. The largest absolute Gasteiger partial charge is 0.493 e. The summed E-state index contributed by atoms with van der Waals surface area (Å²) in [6, 6.07) is 5.27. The highest BCUT2D eigenvalue weighted by Crippen LogP contribution is 2.25. The smallest absolute Gasteiger partial charge is 0.303 e. The van der Waals surface area contributed by atoms with E-state index in [2.05, 4.69) is 12.2 Å². The van der Waals surface area contributed by atoms with Crippen LogP contribution in [0.25, 0.3) is 0 Å². The summed E-state index contributed by atoms with van der Waals surface area (Å²) in [5.41, 5.74) is 1.31. The Morgan fingerprint density at radius 2 is 1.72 bits per heavy atom. The molecule has 0 aliphatic heterocycles. The fourth-order valence-corrected chi connectivity index (χ4v) is 4.11. The molecule has 1 unspecified atom stereocenters. The van der Waals surface area contributed by atoms with E-state index in [1.807, 2.05) is 12.2 Å². The standard InChI is InChI=1S/C31H50N2O6/c1-4-5-6-7-8-11-15-27(34)16-12-9-10-13-23-39-28-21-20-26(24-25(28)19-22-31(37)38)32-29(35)17-14-18-30(36)33(2)3/h12,16,20-21,24,27,34H,4-11,13-15,17-19,22-23H2,1-3H3,(H,32,35)(H,37,38)/b16-12+. The number of aliphatic carboxylic acids is 1. The van der Waals surface area contributed by atoms with Crippen molar-refractivity contribution in [1.82, 2.24) is 4.90 Å². The Hall–Kier alpha value is -2.87. The molecule has 1 atom stereocenters. The van der Waals surface area contributed by atoms with Crippen molar-refractivity contribution in [3.05, 3.63) is 35.9 Å². The van der Waals surface area contributed by atoms with Crippen LogP contribution >= 0.6 is 0 Å². The van der Waals surface area contributed by atoms with Gasteiger partial charge in [0.25, 0.3) is 0 Å². The van der Waals surface area contributed by atoms with Crippen LogP contribution in [0.3, 0.4) is 0 Å². The molecule has 1 aromatic carbocycles. The fraction of sp³-hybridized carbons (Fsp3) is 0.645. The number of hydrogen-bond acceptors (Lipinski definition) is 5. The third-order valence-corrected chi connectivity index (χ3v) is 6.48. The second kappa shape index (κ2) is 21.0. The first-order chi connectivity index (χ1) is 18.7. The summed E-state index contributed by atoms with van der Waals surface area (Å²) in [6.07, 6.45) is 15.6. The van der Waals surface area contributed by atoms with Gasteiger partial charge in [-0.2, -0.15) is 0 Å². The van der Waals surface area contributed by atoms with E-state index in [1.165, 1.54) is 37.0 Å². The van der Waals surface area contributed by atoms with E-state index in [-0.39, 0.29) is 30.8 Å². The number of ether oxygens (including phenoxy) is 1. The Balaban J connectivity index is 2.43. The minimum absolute atomic E-state index is 0.0163. The maximum Gasteiger partial charge on any atom is 0.303 e. The van der Waals surface area contributed by atoms with E-state index in [4.69, 9.17) is 9.84 Å². The SMILES string of the molecule is CCCCCCCCC(O)/C=C/CCCCOc1ccc(NC(=O)CCCC(=O)N(C)C)cc1CCC(=O)O. The number of anilines is 1. The number of carboxylic acids is 1. The van der Waals surface area contributed by atoms with Crippen molar-refractivity contribution in [2.45, 2.75) is 109 Å². The summed E-state index contributed by atoms with van der Waals surface area (Å²) in [5, 5.41) is 22.0. The Morgan fingerprint density at radius 3 is 2.44 bits per heavy atom. The van der Waals surface area contributed by atoms with Crippen LogP contribution in [-0.4, -0.2) is 59.7 Å². The number of allylic oxidation sites excluding steroid dienone is 1. The van der Waals surface area contributed by atoms with E-state index in [1.54, 1.807) is 32.3 Å². The lowest BCUT2D eigenvalue weighted by Gasteiger charge is -2.14. The zero-order chi connectivity index (χ0) is 28.9. The zero-order valence-corrected chi connectivity index (χ0v) is 24.3.